The van der Waals surface area contributed by atoms with Crippen molar-refractivity contribution in [3.05, 3.63) is 71.3 Å². The number of thiocarbonyl (C=S) groups is 1. The molecule has 3 N–H and O–H groups in total. The Labute approximate surface area is 136 Å². The van der Waals surface area contributed by atoms with Gasteiger partial charge >= 0.3 is 0 Å². The zero-order valence-electron chi connectivity index (χ0n) is 12.6. The molecule has 0 radical (unpaired) electrons. The van der Waals surface area contributed by atoms with Gasteiger partial charge in [0, 0.05) is 6.42 Å². The van der Waals surface area contributed by atoms with Crippen molar-refractivity contribution in [2.45, 2.75) is 25.8 Å². The van der Waals surface area contributed by atoms with Gasteiger partial charge in [0.1, 0.15) is 0 Å². The summed E-state index contributed by atoms with van der Waals surface area (Å²) in [6.45, 7) is 2.03. The monoisotopic (exact) mass is 312 g/mol. The number of hydrogen-bond donors (Lipinski definition) is 2. The summed E-state index contributed by atoms with van der Waals surface area (Å²) < 4.78 is 0. The van der Waals surface area contributed by atoms with Crippen LogP contribution < -0.4 is 11.1 Å². The molecule has 2 aromatic carbocycles. The predicted molar refractivity (Wildman–Crippen MR) is 93.7 cm³/mol. The second-order valence-electron chi connectivity index (χ2n) is 5.37. The van der Waals surface area contributed by atoms with Crippen LogP contribution in [-0.4, -0.2) is 16.9 Å². The molecule has 0 unspecified atom stereocenters. The van der Waals surface area contributed by atoms with E-state index in [9.17, 15) is 4.79 Å². The van der Waals surface area contributed by atoms with Crippen molar-refractivity contribution < 1.29 is 4.79 Å². The number of nitrogens with two attached hydrogens (primary N) is 1. The third-order valence-electron chi connectivity index (χ3n) is 3.38. The fraction of sp³-hybridized carbons (Fsp3) is 0.222. The van der Waals surface area contributed by atoms with Gasteiger partial charge in [-0.15, -0.1) is 0 Å². The van der Waals surface area contributed by atoms with Gasteiger partial charge in [0.2, 0.25) is 5.91 Å². The molecular formula is C18H20N2OS. The standard InChI is InChI=1S/C18H20N2OS/c1-13-7-9-15(10-8-13)12-17(22)20-18(21)16(19)11-14-5-3-2-4-6-14/h2-10,16H,11-12,19H2,1H3,(H,20,21,22)/t16-/m0/s1. The third-order valence-corrected chi connectivity index (χ3v) is 3.63. The van der Waals surface area contributed by atoms with E-state index in [1.54, 1.807) is 0 Å². The molecule has 2 rings (SSSR count). The lowest BCUT2D eigenvalue weighted by molar-refractivity contribution is -0.120. The lowest BCUT2D eigenvalue weighted by atomic mass is 10.1. The van der Waals surface area contributed by atoms with E-state index >= 15 is 0 Å². The maximum atomic E-state index is 12.1. The largest absolute Gasteiger partial charge is 0.320 e. The number of hydrogen-bond acceptors (Lipinski definition) is 3. The van der Waals surface area contributed by atoms with Crippen LogP contribution in [0.1, 0.15) is 16.7 Å². The van der Waals surface area contributed by atoms with Crippen LogP contribution in [-0.2, 0) is 17.6 Å². The SMILES string of the molecule is Cc1ccc(CC(=S)NC(=O)[C@@H](N)Cc2ccccc2)cc1. The molecule has 22 heavy (non-hydrogen) atoms. The Hall–Kier alpha value is -2.04. The Balaban J connectivity index is 1.85. The molecule has 0 aliphatic carbocycles. The molecule has 0 aliphatic rings. The summed E-state index contributed by atoms with van der Waals surface area (Å²) in [5, 5.41) is 2.73. The molecule has 2 aromatic rings. The first kappa shape index (κ1) is 16.3. The number of carbonyl (C=O) groups is 1. The van der Waals surface area contributed by atoms with Gasteiger partial charge in [-0.2, -0.15) is 0 Å². The van der Waals surface area contributed by atoms with Crippen molar-refractivity contribution in [1.82, 2.24) is 5.32 Å². The summed E-state index contributed by atoms with van der Waals surface area (Å²) in [7, 11) is 0. The smallest absolute Gasteiger partial charge is 0.242 e. The molecule has 0 aromatic heterocycles. The van der Waals surface area contributed by atoms with Crippen LogP contribution in [0.15, 0.2) is 54.6 Å². The minimum Gasteiger partial charge on any atom is -0.320 e. The van der Waals surface area contributed by atoms with E-state index in [1.807, 2.05) is 61.5 Å². The minimum absolute atomic E-state index is 0.235. The van der Waals surface area contributed by atoms with Crippen LogP contribution >= 0.6 is 12.2 Å². The van der Waals surface area contributed by atoms with Crippen molar-refractivity contribution >= 4 is 23.1 Å². The Morgan fingerprint density at radius 3 is 2.36 bits per heavy atom. The molecule has 0 spiro atoms. The summed E-state index contributed by atoms with van der Waals surface area (Å²) >= 11 is 5.24. The lowest BCUT2D eigenvalue weighted by Gasteiger charge is -2.13. The van der Waals surface area contributed by atoms with Crippen molar-refractivity contribution in [3.8, 4) is 0 Å². The molecule has 114 valence electrons. The average molecular weight is 312 g/mol. The molecule has 0 heterocycles. The number of benzene rings is 2. The fourth-order valence-electron chi connectivity index (χ4n) is 2.13. The van der Waals surface area contributed by atoms with Gasteiger partial charge in [0.15, 0.2) is 0 Å². The van der Waals surface area contributed by atoms with Gasteiger partial charge < -0.3 is 11.1 Å². The molecule has 0 bridgehead atoms. The van der Waals surface area contributed by atoms with Gasteiger partial charge in [0.05, 0.1) is 11.0 Å². The Morgan fingerprint density at radius 1 is 1.09 bits per heavy atom. The summed E-state index contributed by atoms with van der Waals surface area (Å²) in [5.74, 6) is -0.235. The molecule has 0 fully saturated rings. The van der Waals surface area contributed by atoms with Crippen LogP contribution in [0.5, 0.6) is 0 Å². The highest BCUT2D eigenvalue weighted by Gasteiger charge is 2.15. The summed E-state index contributed by atoms with van der Waals surface area (Å²) in [6, 6.07) is 17.2. The quantitative estimate of drug-likeness (QED) is 0.834. The highest BCUT2D eigenvalue weighted by Crippen LogP contribution is 2.05. The zero-order chi connectivity index (χ0) is 15.9. The summed E-state index contributed by atoms with van der Waals surface area (Å²) in [5.41, 5.74) is 9.25. The van der Waals surface area contributed by atoms with Crippen molar-refractivity contribution in [1.29, 1.82) is 0 Å². The van der Waals surface area contributed by atoms with Gasteiger partial charge in [-0.1, -0.05) is 72.4 Å². The molecule has 0 saturated heterocycles. The van der Waals surface area contributed by atoms with Crippen LogP contribution in [0.3, 0.4) is 0 Å². The number of aryl methyl sites for hydroxylation is 1. The van der Waals surface area contributed by atoms with E-state index in [0.717, 1.165) is 11.1 Å². The highest BCUT2D eigenvalue weighted by molar-refractivity contribution is 7.80. The Morgan fingerprint density at radius 2 is 1.73 bits per heavy atom. The second-order valence-corrected chi connectivity index (χ2v) is 5.86. The van der Waals surface area contributed by atoms with E-state index in [2.05, 4.69) is 5.32 Å². The van der Waals surface area contributed by atoms with Crippen molar-refractivity contribution in [2.75, 3.05) is 0 Å². The van der Waals surface area contributed by atoms with Gasteiger partial charge in [-0.05, 0) is 24.5 Å². The van der Waals surface area contributed by atoms with Crippen LogP contribution in [0.2, 0.25) is 0 Å². The summed E-state index contributed by atoms with van der Waals surface area (Å²) in [6.07, 6.45) is 1.04. The zero-order valence-corrected chi connectivity index (χ0v) is 13.4. The van der Waals surface area contributed by atoms with Gasteiger partial charge in [-0.3, -0.25) is 4.79 Å². The molecule has 1 amide bonds. The minimum atomic E-state index is -0.599. The highest BCUT2D eigenvalue weighted by atomic mass is 32.1. The second kappa shape index (κ2) is 7.82. The fourth-order valence-corrected chi connectivity index (χ4v) is 2.39. The molecule has 4 heteroatoms. The number of carbonyl (C=O) groups excluding carboxylic acids is 1. The van der Waals surface area contributed by atoms with Crippen molar-refractivity contribution in [3.63, 3.8) is 0 Å². The van der Waals surface area contributed by atoms with Gasteiger partial charge in [-0.25, -0.2) is 0 Å². The van der Waals surface area contributed by atoms with E-state index in [0.29, 0.717) is 17.8 Å². The lowest BCUT2D eigenvalue weighted by Crippen LogP contribution is -2.44. The average Bonchev–Trinajstić information content (AvgIpc) is 2.50. The number of nitrogens with one attached hydrogen (secondary N) is 1. The first-order valence-electron chi connectivity index (χ1n) is 7.23. The van der Waals surface area contributed by atoms with E-state index in [-0.39, 0.29) is 5.91 Å². The maximum Gasteiger partial charge on any atom is 0.242 e. The van der Waals surface area contributed by atoms with E-state index in [4.69, 9.17) is 18.0 Å². The Kier molecular flexibility index (Phi) is 5.81. The van der Waals surface area contributed by atoms with Crippen LogP contribution in [0.4, 0.5) is 0 Å². The molecule has 0 aliphatic heterocycles. The number of rotatable bonds is 5. The maximum absolute atomic E-state index is 12.1. The molecular weight excluding hydrogens is 292 g/mol. The predicted octanol–water partition coefficient (Wildman–Crippen LogP) is 2.55. The normalized spacial score (nSPS) is 11.7. The van der Waals surface area contributed by atoms with Crippen LogP contribution in [0, 0.1) is 6.92 Å². The first-order chi connectivity index (χ1) is 10.5. The molecule has 1 atom stereocenters. The Bertz CT molecular complexity index is 638. The third kappa shape index (κ3) is 5.06. The topological polar surface area (TPSA) is 55.1 Å². The van der Waals surface area contributed by atoms with Crippen LogP contribution in [0.25, 0.3) is 0 Å². The van der Waals surface area contributed by atoms with E-state index in [1.165, 1.54) is 5.56 Å². The summed E-state index contributed by atoms with van der Waals surface area (Å²) in [4.78, 5) is 12.6. The molecule has 0 saturated carbocycles. The first-order valence-corrected chi connectivity index (χ1v) is 7.64. The van der Waals surface area contributed by atoms with Crippen molar-refractivity contribution in [2.24, 2.45) is 5.73 Å². The van der Waals surface area contributed by atoms with Gasteiger partial charge in [0.25, 0.3) is 0 Å². The number of amides is 1. The molecule has 3 nitrogen and oxygen atoms in total. The van der Waals surface area contributed by atoms with E-state index < -0.39 is 6.04 Å².